The number of hydrogen-bond donors (Lipinski definition) is 1. The molecule has 0 heterocycles. The van der Waals surface area contributed by atoms with Crippen LogP contribution in [0.5, 0.6) is 0 Å². The first-order valence-electron chi connectivity index (χ1n) is 4.65. The summed E-state index contributed by atoms with van der Waals surface area (Å²) in [5.41, 5.74) is 0. The van der Waals surface area contributed by atoms with Crippen LogP contribution in [0.1, 0.15) is 26.7 Å². The summed E-state index contributed by atoms with van der Waals surface area (Å²) in [6, 6.07) is 0. The number of hydrogen-bond acceptors (Lipinski definition) is 2. The largest absolute Gasteiger partial charge is 0.356 e. The van der Waals surface area contributed by atoms with Gasteiger partial charge in [0.25, 0.3) is 0 Å². The van der Waals surface area contributed by atoms with Crippen molar-refractivity contribution in [2.45, 2.75) is 26.7 Å². The van der Waals surface area contributed by atoms with Gasteiger partial charge in [-0.1, -0.05) is 25.4 Å². The SMILES string of the molecule is CCCN(C)C(=S)Cl.CCCNC. The van der Waals surface area contributed by atoms with Gasteiger partial charge in [0.2, 0.25) is 0 Å². The summed E-state index contributed by atoms with van der Waals surface area (Å²) in [6.45, 7) is 6.32. The molecule has 4 heteroatoms. The maximum atomic E-state index is 5.46. The Kier molecular flexibility index (Phi) is 14.6. The maximum absolute atomic E-state index is 5.46. The Morgan fingerprint density at radius 2 is 1.92 bits per heavy atom. The van der Waals surface area contributed by atoms with E-state index in [9.17, 15) is 0 Å². The van der Waals surface area contributed by atoms with Crippen molar-refractivity contribution in [3.05, 3.63) is 0 Å². The number of nitrogens with one attached hydrogen (secondary N) is 1. The molecule has 13 heavy (non-hydrogen) atoms. The van der Waals surface area contributed by atoms with E-state index in [1.54, 1.807) is 0 Å². The average Bonchev–Trinajstić information content (AvgIpc) is 2.07. The minimum absolute atomic E-state index is 0.451. The monoisotopic (exact) mass is 224 g/mol. The van der Waals surface area contributed by atoms with E-state index in [1.807, 2.05) is 19.0 Å². The number of thiocarbonyl (C=S) groups is 1. The van der Waals surface area contributed by atoms with E-state index < -0.39 is 0 Å². The highest BCUT2D eigenvalue weighted by atomic mass is 35.5. The van der Waals surface area contributed by atoms with Crippen molar-refractivity contribution < 1.29 is 0 Å². The van der Waals surface area contributed by atoms with E-state index in [2.05, 4.69) is 31.4 Å². The van der Waals surface area contributed by atoms with Crippen molar-refractivity contribution in [1.29, 1.82) is 0 Å². The van der Waals surface area contributed by atoms with Gasteiger partial charge >= 0.3 is 0 Å². The zero-order valence-corrected chi connectivity index (χ0v) is 10.6. The fourth-order valence-corrected chi connectivity index (χ4v) is 0.849. The van der Waals surface area contributed by atoms with Crippen LogP contribution in [0.2, 0.25) is 0 Å². The molecule has 0 aromatic carbocycles. The molecule has 80 valence electrons. The maximum Gasteiger partial charge on any atom is 0.169 e. The third-order valence-electron chi connectivity index (χ3n) is 1.36. The molecular weight excluding hydrogens is 204 g/mol. The third kappa shape index (κ3) is 14.9. The van der Waals surface area contributed by atoms with E-state index in [4.69, 9.17) is 11.6 Å². The van der Waals surface area contributed by atoms with Crippen LogP contribution in [-0.2, 0) is 0 Å². The molecule has 0 saturated carbocycles. The van der Waals surface area contributed by atoms with Crippen molar-refractivity contribution in [3.8, 4) is 0 Å². The summed E-state index contributed by atoms with van der Waals surface area (Å²) in [5, 5.41) is 3.02. The number of rotatable bonds is 4. The Morgan fingerprint density at radius 3 is 2.00 bits per heavy atom. The Balaban J connectivity index is 0. The van der Waals surface area contributed by atoms with Crippen LogP contribution >= 0.6 is 23.8 Å². The lowest BCUT2D eigenvalue weighted by Crippen LogP contribution is -2.20. The summed E-state index contributed by atoms with van der Waals surface area (Å²) in [7, 11) is 3.85. The highest BCUT2D eigenvalue weighted by Crippen LogP contribution is 1.93. The van der Waals surface area contributed by atoms with Gasteiger partial charge in [0.05, 0.1) is 0 Å². The molecule has 0 bridgehead atoms. The molecule has 0 atom stereocenters. The first-order valence-corrected chi connectivity index (χ1v) is 5.43. The second-order valence-electron chi connectivity index (χ2n) is 2.78. The molecule has 0 aromatic rings. The van der Waals surface area contributed by atoms with Crippen molar-refractivity contribution >= 4 is 28.3 Å². The highest BCUT2D eigenvalue weighted by molar-refractivity contribution is 7.83. The number of halogens is 1. The Labute approximate surface area is 92.6 Å². The second kappa shape index (κ2) is 12.1. The fourth-order valence-electron chi connectivity index (χ4n) is 0.673. The molecule has 0 unspecified atom stereocenters. The molecule has 0 spiro atoms. The Bertz CT molecular complexity index is 118. The van der Waals surface area contributed by atoms with Crippen LogP contribution in [-0.4, -0.2) is 36.5 Å². The van der Waals surface area contributed by atoms with E-state index >= 15 is 0 Å². The van der Waals surface area contributed by atoms with Gasteiger partial charge < -0.3 is 10.2 Å². The van der Waals surface area contributed by atoms with Gasteiger partial charge in [-0.25, -0.2) is 0 Å². The predicted octanol–water partition coefficient (Wildman–Crippen LogP) is 2.47. The summed E-state index contributed by atoms with van der Waals surface area (Å²) in [4.78, 5) is 1.84. The highest BCUT2D eigenvalue weighted by Gasteiger charge is 1.95. The van der Waals surface area contributed by atoms with Gasteiger partial charge in [-0.05, 0) is 38.7 Å². The molecule has 0 rings (SSSR count). The van der Waals surface area contributed by atoms with Crippen molar-refractivity contribution in [2.75, 3.05) is 27.2 Å². The molecular formula is C9H21ClN2S. The molecule has 2 nitrogen and oxygen atoms in total. The zero-order chi connectivity index (χ0) is 10.7. The quantitative estimate of drug-likeness (QED) is 0.449. The summed E-state index contributed by atoms with van der Waals surface area (Å²) < 4.78 is 0.451. The molecule has 0 radical (unpaired) electrons. The normalized spacial score (nSPS) is 8.69. The average molecular weight is 225 g/mol. The van der Waals surface area contributed by atoms with Gasteiger partial charge in [0.1, 0.15) is 0 Å². The molecule has 0 aliphatic rings. The predicted molar refractivity (Wildman–Crippen MR) is 65.6 cm³/mol. The topological polar surface area (TPSA) is 15.3 Å². The van der Waals surface area contributed by atoms with Gasteiger partial charge in [0, 0.05) is 13.6 Å². The van der Waals surface area contributed by atoms with Gasteiger partial charge in [-0.3, -0.25) is 0 Å². The molecule has 0 saturated heterocycles. The smallest absolute Gasteiger partial charge is 0.169 e. The van der Waals surface area contributed by atoms with Crippen LogP contribution in [0.4, 0.5) is 0 Å². The Morgan fingerprint density at radius 1 is 1.38 bits per heavy atom. The lowest BCUT2D eigenvalue weighted by molar-refractivity contribution is 0.517. The van der Waals surface area contributed by atoms with Crippen LogP contribution in [0.3, 0.4) is 0 Å². The third-order valence-corrected chi connectivity index (χ3v) is 1.96. The van der Waals surface area contributed by atoms with Crippen LogP contribution < -0.4 is 5.32 Å². The van der Waals surface area contributed by atoms with Crippen molar-refractivity contribution in [2.24, 2.45) is 0 Å². The first-order chi connectivity index (χ1) is 6.09. The second-order valence-corrected chi connectivity index (χ2v) is 3.75. The lowest BCUT2D eigenvalue weighted by atomic mass is 10.5. The van der Waals surface area contributed by atoms with Crippen LogP contribution in [0.15, 0.2) is 0 Å². The van der Waals surface area contributed by atoms with E-state index in [0.717, 1.165) is 19.5 Å². The first kappa shape index (κ1) is 15.6. The van der Waals surface area contributed by atoms with Gasteiger partial charge in [-0.15, -0.1) is 0 Å². The summed E-state index contributed by atoms with van der Waals surface area (Å²) >= 11 is 10.1. The zero-order valence-electron chi connectivity index (χ0n) is 9.06. The van der Waals surface area contributed by atoms with Crippen molar-refractivity contribution in [3.63, 3.8) is 0 Å². The standard InChI is InChI=1S/C5H10ClNS.C4H11N/c1-3-4-7(2)5(6)8;1-3-4-5-2/h3-4H2,1-2H3;5H,3-4H2,1-2H3. The van der Waals surface area contributed by atoms with Gasteiger partial charge in [0.15, 0.2) is 4.45 Å². The van der Waals surface area contributed by atoms with E-state index in [-0.39, 0.29) is 0 Å². The van der Waals surface area contributed by atoms with Crippen LogP contribution in [0, 0.1) is 0 Å². The molecule has 0 fully saturated rings. The molecule has 0 aliphatic carbocycles. The van der Waals surface area contributed by atoms with Gasteiger partial charge in [-0.2, -0.15) is 0 Å². The van der Waals surface area contributed by atoms with Crippen molar-refractivity contribution in [1.82, 2.24) is 10.2 Å². The summed E-state index contributed by atoms with van der Waals surface area (Å²) in [5.74, 6) is 0. The molecule has 0 aromatic heterocycles. The Hall–Kier alpha value is 0.140. The molecule has 0 aliphatic heterocycles. The van der Waals surface area contributed by atoms with E-state index in [0.29, 0.717) is 4.45 Å². The molecule has 0 amide bonds. The van der Waals surface area contributed by atoms with Crippen LogP contribution in [0.25, 0.3) is 0 Å². The minimum atomic E-state index is 0.451. The summed E-state index contributed by atoms with van der Waals surface area (Å²) in [6.07, 6.45) is 2.32. The fraction of sp³-hybridized carbons (Fsp3) is 0.889. The lowest BCUT2D eigenvalue weighted by Gasteiger charge is -2.12. The molecule has 1 N–H and O–H groups in total. The number of nitrogens with zero attached hydrogens (tertiary/aromatic N) is 1. The minimum Gasteiger partial charge on any atom is -0.356 e. The van der Waals surface area contributed by atoms with E-state index in [1.165, 1.54) is 6.42 Å².